The number of rotatable bonds is 5. The number of methoxy groups -OCH3 is 1. The SMILES string of the molecule is CCOC(=O)c1cccnc1NC1COc2c(cccc2OC)C1. The summed E-state index contributed by atoms with van der Waals surface area (Å²) in [6.07, 6.45) is 2.40. The molecule has 0 bridgehead atoms. The maximum atomic E-state index is 12.0. The lowest BCUT2D eigenvalue weighted by Crippen LogP contribution is -2.34. The van der Waals surface area contributed by atoms with E-state index in [-0.39, 0.29) is 12.0 Å². The van der Waals surface area contributed by atoms with Crippen LogP contribution < -0.4 is 14.8 Å². The predicted molar refractivity (Wildman–Crippen MR) is 89.8 cm³/mol. The number of nitrogens with zero attached hydrogens (tertiary/aromatic N) is 1. The Morgan fingerprint density at radius 1 is 1.38 bits per heavy atom. The van der Waals surface area contributed by atoms with E-state index in [0.29, 0.717) is 24.6 Å². The zero-order valence-corrected chi connectivity index (χ0v) is 13.7. The molecule has 0 saturated carbocycles. The highest BCUT2D eigenvalue weighted by Crippen LogP contribution is 2.35. The molecule has 2 aromatic rings. The number of fused-ring (bicyclic) bond motifs is 1. The summed E-state index contributed by atoms with van der Waals surface area (Å²) in [5, 5.41) is 3.29. The van der Waals surface area contributed by atoms with E-state index in [0.717, 1.165) is 23.5 Å². The van der Waals surface area contributed by atoms with E-state index in [1.807, 2.05) is 18.2 Å². The van der Waals surface area contributed by atoms with Crippen LogP contribution in [0.3, 0.4) is 0 Å². The number of esters is 1. The van der Waals surface area contributed by atoms with E-state index in [4.69, 9.17) is 14.2 Å². The quantitative estimate of drug-likeness (QED) is 0.851. The number of para-hydroxylation sites is 1. The van der Waals surface area contributed by atoms with Crippen molar-refractivity contribution in [1.82, 2.24) is 4.98 Å². The van der Waals surface area contributed by atoms with Crippen LogP contribution in [0.15, 0.2) is 36.5 Å². The van der Waals surface area contributed by atoms with Crippen LogP contribution >= 0.6 is 0 Å². The molecular formula is C18H20N2O4. The van der Waals surface area contributed by atoms with Crippen molar-refractivity contribution in [2.75, 3.05) is 25.6 Å². The number of aromatic nitrogens is 1. The number of ether oxygens (including phenoxy) is 3. The molecule has 24 heavy (non-hydrogen) atoms. The zero-order valence-electron chi connectivity index (χ0n) is 13.7. The van der Waals surface area contributed by atoms with Crippen LogP contribution in [0.4, 0.5) is 5.82 Å². The second-order valence-electron chi connectivity index (χ2n) is 5.42. The number of pyridine rings is 1. The number of anilines is 1. The highest BCUT2D eigenvalue weighted by Gasteiger charge is 2.24. The molecule has 0 radical (unpaired) electrons. The summed E-state index contributed by atoms with van der Waals surface area (Å²) in [6, 6.07) is 9.25. The molecule has 6 nitrogen and oxygen atoms in total. The lowest BCUT2D eigenvalue weighted by atomic mass is 10.0. The van der Waals surface area contributed by atoms with Gasteiger partial charge in [0.15, 0.2) is 11.5 Å². The van der Waals surface area contributed by atoms with Gasteiger partial charge in [-0.2, -0.15) is 0 Å². The Balaban J connectivity index is 1.77. The molecule has 1 aromatic heterocycles. The molecule has 1 atom stereocenters. The third-order valence-electron chi connectivity index (χ3n) is 3.82. The fraction of sp³-hybridized carbons (Fsp3) is 0.333. The van der Waals surface area contributed by atoms with Gasteiger partial charge in [0.25, 0.3) is 0 Å². The molecule has 0 amide bonds. The maximum absolute atomic E-state index is 12.0. The van der Waals surface area contributed by atoms with Crippen molar-refractivity contribution in [3.05, 3.63) is 47.7 Å². The number of benzene rings is 1. The first kappa shape index (κ1) is 16.1. The minimum Gasteiger partial charge on any atom is -0.493 e. The molecule has 0 fully saturated rings. The maximum Gasteiger partial charge on any atom is 0.341 e. The van der Waals surface area contributed by atoms with E-state index >= 15 is 0 Å². The summed E-state index contributed by atoms with van der Waals surface area (Å²) >= 11 is 0. The standard InChI is InChI=1S/C18H20N2O4/c1-3-23-18(21)14-7-5-9-19-17(14)20-13-10-12-6-4-8-15(22-2)16(12)24-11-13/h4-9,13H,3,10-11H2,1-2H3,(H,19,20). The van der Waals surface area contributed by atoms with Crippen molar-refractivity contribution < 1.29 is 19.0 Å². The van der Waals surface area contributed by atoms with Crippen LogP contribution in [0.5, 0.6) is 11.5 Å². The van der Waals surface area contributed by atoms with Crippen LogP contribution in [0, 0.1) is 0 Å². The van der Waals surface area contributed by atoms with Gasteiger partial charge < -0.3 is 19.5 Å². The van der Waals surface area contributed by atoms with Crippen LogP contribution in [0.25, 0.3) is 0 Å². The van der Waals surface area contributed by atoms with Gasteiger partial charge in [-0.05, 0) is 31.5 Å². The molecule has 126 valence electrons. The normalized spacial score (nSPS) is 15.8. The molecule has 1 aliphatic heterocycles. The van der Waals surface area contributed by atoms with E-state index in [2.05, 4.69) is 10.3 Å². The zero-order chi connectivity index (χ0) is 16.9. The topological polar surface area (TPSA) is 69.7 Å². The highest BCUT2D eigenvalue weighted by atomic mass is 16.5. The number of nitrogens with one attached hydrogen (secondary N) is 1. The van der Waals surface area contributed by atoms with Gasteiger partial charge >= 0.3 is 5.97 Å². The lowest BCUT2D eigenvalue weighted by molar-refractivity contribution is 0.0527. The first-order valence-electron chi connectivity index (χ1n) is 7.90. The van der Waals surface area contributed by atoms with Gasteiger partial charge in [0.2, 0.25) is 0 Å². The number of hydrogen-bond acceptors (Lipinski definition) is 6. The number of carbonyl (C=O) groups is 1. The molecular weight excluding hydrogens is 308 g/mol. The fourth-order valence-corrected chi connectivity index (χ4v) is 2.73. The minimum atomic E-state index is -0.383. The van der Waals surface area contributed by atoms with Gasteiger partial charge in [0.1, 0.15) is 18.0 Å². The van der Waals surface area contributed by atoms with E-state index in [1.54, 1.807) is 32.4 Å². The average Bonchev–Trinajstić information content (AvgIpc) is 2.61. The largest absolute Gasteiger partial charge is 0.493 e. The van der Waals surface area contributed by atoms with Crippen LogP contribution in [-0.2, 0) is 11.2 Å². The summed E-state index contributed by atoms with van der Waals surface area (Å²) in [4.78, 5) is 16.3. The van der Waals surface area contributed by atoms with Gasteiger partial charge in [0, 0.05) is 11.8 Å². The van der Waals surface area contributed by atoms with Crippen LogP contribution in [-0.4, -0.2) is 37.3 Å². The Kier molecular flexibility index (Phi) is 4.84. The Labute approximate surface area is 140 Å². The summed E-state index contributed by atoms with van der Waals surface area (Å²) in [6.45, 7) is 2.57. The molecule has 3 rings (SSSR count). The van der Waals surface area contributed by atoms with E-state index < -0.39 is 0 Å². The second kappa shape index (κ2) is 7.21. The Morgan fingerprint density at radius 2 is 2.25 bits per heavy atom. The molecule has 1 aromatic carbocycles. The summed E-state index contributed by atoms with van der Waals surface area (Å²) in [5.41, 5.74) is 1.49. The van der Waals surface area contributed by atoms with Gasteiger partial charge in [-0.3, -0.25) is 0 Å². The minimum absolute atomic E-state index is 0.00711. The van der Waals surface area contributed by atoms with Crippen molar-refractivity contribution in [1.29, 1.82) is 0 Å². The van der Waals surface area contributed by atoms with E-state index in [9.17, 15) is 4.79 Å². The molecule has 1 N–H and O–H groups in total. The first-order valence-corrected chi connectivity index (χ1v) is 7.90. The van der Waals surface area contributed by atoms with Crippen molar-refractivity contribution in [2.45, 2.75) is 19.4 Å². The van der Waals surface area contributed by atoms with Crippen molar-refractivity contribution >= 4 is 11.8 Å². The van der Waals surface area contributed by atoms with Crippen molar-refractivity contribution in [3.63, 3.8) is 0 Å². The molecule has 0 saturated heterocycles. The average molecular weight is 328 g/mol. The highest BCUT2D eigenvalue weighted by molar-refractivity contribution is 5.94. The summed E-state index contributed by atoms with van der Waals surface area (Å²) in [7, 11) is 1.63. The predicted octanol–water partition coefficient (Wildman–Crippen LogP) is 2.68. The smallest absolute Gasteiger partial charge is 0.341 e. The van der Waals surface area contributed by atoms with Gasteiger partial charge in [-0.1, -0.05) is 12.1 Å². The third kappa shape index (κ3) is 3.27. The molecule has 0 spiro atoms. The van der Waals surface area contributed by atoms with E-state index in [1.165, 1.54) is 0 Å². The van der Waals surface area contributed by atoms with Gasteiger partial charge in [-0.25, -0.2) is 9.78 Å². The van der Waals surface area contributed by atoms with Gasteiger partial charge in [0.05, 0.1) is 19.8 Å². The molecule has 2 heterocycles. The second-order valence-corrected chi connectivity index (χ2v) is 5.42. The number of carbonyl (C=O) groups excluding carboxylic acids is 1. The van der Waals surface area contributed by atoms with Gasteiger partial charge in [-0.15, -0.1) is 0 Å². The summed E-state index contributed by atoms with van der Waals surface area (Å²) < 4.78 is 16.2. The van der Waals surface area contributed by atoms with Crippen LogP contribution in [0.2, 0.25) is 0 Å². The Hall–Kier alpha value is -2.76. The fourth-order valence-electron chi connectivity index (χ4n) is 2.73. The molecule has 1 aliphatic rings. The molecule has 0 aliphatic carbocycles. The number of hydrogen-bond donors (Lipinski definition) is 1. The Bertz CT molecular complexity index is 733. The monoisotopic (exact) mass is 328 g/mol. The first-order chi connectivity index (χ1) is 11.7. The molecule has 1 unspecified atom stereocenters. The molecule has 6 heteroatoms. The van der Waals surface area contributed by atoms with Crippen LogP contribution in [0.1, 0.15) is 22.8 Å². The van der Waals surface area contributed by atoms with Crippen molar-refractivity contribution in [3.8, 4) is 11.5 Å². The van der Waals surface area contributed by atoms with Crippen molar-refractivity contribution in [2.24, 2.45) is 0 Å². The third-order valence-corrected chi connectivity index (χ3v) is 3.82. The lowest BCUT2D eigenvalue weighted by Gasteiger charge is -2.27. The Morgan fingerprint density at radius 3 is 3.04 bits per heavy atom. The summed E-state index contributed by atoms with van der Waals surface area (Å²) in [5.74, 6) is 1.64.